The average Bonchev–Trinajstić information content (AvgIpc) is 2.43. The lowest BCUT2D eigenvalue weighted by Crippen LogP contribution is -2.36. The van der Waals surface area contributed by atoms with Gasteiger partial charge in [0.2, 0.25) is 0 Å². The fraction of sp³-hybridized carbons (Fsp3) is 1.00. The van der Waals surface area contributed by atoms with Crippen molar-refractivity contribution in [1.29, 1.82) is 0 Å². The van der Waals surface area contributed by atoms with Crippen LogP contribution in [-0.2, 0) is 9.47 Å². The minimum Gasteiger partial charge on any atom is -0.396 e. The topological polar surface area (TPSA) is 58.9 Å². The van der Waals surface area contributed by atoms with Crippen LogP contribution in [0, 0.1) is 0 Å². The molecule has 1 rings (SSSR count). The highest BCUT2D eigenvalue weighted by molar-refractivity contribution is 6.35. The van der Waals surface area contributed by atoms with Gasteiger partial charge in [-0.15, -0.1) is 0 Å². The van der Waals surface area contributed by atoms with Gasteiger partial charge in [-0.25, -0.2) is 0 Å². The summed E-state index contributed by atoms with van der Waals surface area (Å²) in [6.45, 7) is 1.88. The van der Waals surface area contributed by atoms with Gasteiger partial charge < -0.3 is 19.7 Å². The molecule has 0 aromatic carbocycles. The van der Waals surface area contributed by atoms with Crippen LogP contribution in [0.25, 0.3) is 0 Å². The molecular weight excluding hydrogens is 171 g/mol. The van der Waals surface area contributed by atoms with Gasteiger partial charge in [-0.1, -0.05) is 6.82 Å². The van der Waals surface area contributed by atoms with Crippen LogP contribution in [-0.4, -0.2) is 55.5 Å². The van der Waals surface area contributed by atoms with Crippen LogP contribution >= 0.6 is 0 Å². The Morgan fingerprint density at radius 2 is 2.23 bits per heavy atom. The lowest BCUT2D eigenvalue weighted by molar-refractivity contribution is -0.0183. The van der Waals surface area contributed by atoms with Gasteiger partial charge in [0.25, 0.3) is 0 Å². The number of ether oxygens (including phenoxy) is 2. The SMILES string of the molecule is C[B][C@@H]1O[C@H](CCO)[C@H](OC)C1O. The molecule has 0 bridgehead atoms. The molecular formula is C8H16BO4. The average molecular weight is 187 g/mol. The van der Waals surface area contributed by atoms with E-state index in [1.165, 1.54) is 0 Å². The molecule has 2 N–H and O–H groups in total. The molecule has 0 saturated carbocycles. The summed E-state index contributed by atoms with van der Waals surface area (Å²) in [5, 5.41) is 18.4. The largest absolute Gasteiger partial charge is 0.396 e. The molecule has 5 heteroatoms. The molecule has 13 heavy (non-hydrogen) atoms. The molecule has 1 fully saturated rings. The van der Waals surface area contributed by atoms with Crippen molar-refractivity contribution in [3.8, 4) is 0 Å². The Bertz CT molecular complexity index is 155. The first-order valence-corrected chi connectivity index (χ1v) is 4.51. The fourth-order valence-electron chi connectivity index (χ4n) is 1.69. The lowest BCUT2D eigenvalue weighted by Gasteiger charge is -2.17. The summed E-state index contributed by atoms with van der Waals surface area (Å²) < 4.78 is 10.6. The molecule has 1 aliphatic rings. The molecule has 0 aliphatic carbocycles. The van der Waals surface area contributed by atoms with Gasteiger partial charge in [0, 0.05) is 13.7 Å². The van der Waals surface area contributed by atoms with Crippen LogP contribution in [0.3, 0.4) is 0 Å². The molecule has 75 valence electrons. The van der Waals surface area contributed by atoms with Crippen LogP contribution in [0.2, 0.25) is 6.82 Å². The third kappa shape index (κ3) is 2.23. The molecule has 0 aromatic heterocycles. The van der Waals surface area contributed by atoms with E-state index in [1.807, 2.05) is 6.82 Å². The third-order valence-electron chi connectivity index (χ3n) is 2.39. The smallest absolute Gasteiger partial charge is 0.149 e. The number of aliphatic hydroxyl groups is 2. The summed E-state index contributed by atoms with van der Waals surface area (Å²) in [4.78, 5) is 0. The molecule has 4 nitrogen and oxygen atoms in total. The summed E-state index contributed by atoms with van der Waals surface area (Å²) in [6.07, 6.45) is -0.647. The third-order valence-corrected chi connectivity index (χ3v) is 2.39. The second-order valence-corrected chi connectivity index (χ2v) is 3.18. The van der Waals surface area contributed by atoms with Gasteiger partial charge in [0.1, 0.15) is 19.5 Å². The van der Waals surface area contributed by atoms with E-state index < -0.39 is 6.10 Å². The van der Waals surface area contributed by atoms with E-state index >= 15 is 0 Å². The van der Waals surface area contributed by atoms with Crippen molar-refractivity contribution < 1.29 is 19.7 Å². The van der Waals surface area contributed by atoms with Crippen molar-refractivity contribution in [3.63, 3.8) is 0 Å². The summed E-state index contributed by atoms with van der Waals surface area (Å²) in [6, 6.07) is -0.276. The number of methoxy groups -OCH3 is 1. The van der Waals surface area contributed by atoms with E-state index in [4.69, 9.17) is 14.6 Å². The quantitative estimate of drug-likeness (QED) is 0.567. The minimum atomic E-state index is -0.619. The Morgan fingerprint density at radius 1 is 1.54 bits per heavy atom. The normalized spacial score (nSPS) is 39.4. The highest BCUT2D eigenvalue weighted by Gasteiger charge is 2.42. The molecule has 0 aromatic rings. The zero-order valence-corrected chi connectivity index (χ0v) is 8.01. The second-order valence-electron chi connectivity index (χ2n) is 3.18. The van der Waals surface area contributed by atoms with Crippen molar-refractivity contribution in [3.05, 3.63) is 0 Å². The Morgan fingerprint density at radius 3 is 2.69 bits per heavy atom. The van der Waals surface area contributed by atoms with Crippen molar-refractivity contribution >= 4 is 7.28 Å². The van der Waals surface area contributed by atoms with E-state index in [0.717, 1.165) is 0 Å². The number of aliphatic hydroxyl groups excluding tert-OH is 2. The number of hydrogen-bond acceptors (Lipinski definition) is 4. The zero-order chi connectivity index (χ0) is 9.84. The molecule has 0 spiro atoms. The van der Waals surface area contributed by atoms with Gasteiger partial charge >= 0.3 is 0 Å². The van der Waals surface area contributed by atoms with E-state index in [-0.39, 0.29) is 24.8 Å². The fourth-order valence-corrected chi connectivity index (χ4v) is 1.69. The molecule has 0 amide bonds. The first kappa shape index (κ1) is 11.0. The maximum Gasteiger partial charge on any atom is 0.149 e. The van der Waals surface area contributed by atoms with E-state index in [0.29, 0.717) is 6.42 Å². The highest BCUT2D eigenvalue weighted by Crippen LogP contribution is 2.24. The molecule has 1 aliphatic heterocycles. The maximum absolute atomic E-state index is 9.68. The lowest BCUT2D eigenvalue weighted by atomic mass is 9.72. The van der Waals surface area contributed by atoms with Gasteiger partial charge in [0.05, 0.1) is 12.1 Å². The first-order chi connectivity index (χ1) is 6.24. The van der Waals surface area contributed by atoms with E-state index in [2.05, 4.69) is 0 Å². The second kappa shape index (κ2) is 4.95. The number of hydrogen-bond donors (Lipinski definition) is 2. The first-order valence-electron chi connectivity index (χ1n) is 4.51. The molecule has 1 saturated heterocycles. The zero-order valence-electron chi connectivity index (χ0n) is 8.01. The Balaban J connectivity index is 2.55. The van der Waals surface area contributed by atoms with Crippen molar-refractivity contribution in [1.82, 2.24) is 0 Å². The van der Waals surface area contributed by atoms with Crippen LogP contribution in [0.4, 0.5) is 0 Å². The Hall–Kier alpha value is -0.0951. The highest BCUT2D eigenvalue weighted by atomic mass is 16.6. The molecule has 1 heterocycles. The monoisotopic (exact) mass is 187 g/mol. The molecule has 1 radical (unpaired) electrons. The molecule has 4 atom stereocenters. The van der Waals surface area contributed by atoms with Gasteiger partial charge in [-0.3, -0.25) is 0 Å². The van der Waals surface area contributed by atoms with Crippen LogP contribution in [0.15, 0.2) is 0 Å². The van der Waals surface area contributed by atoms with Crippen molar-refractivity contribution in [2.75, 3.05) is 13.7 Å². The van der Waals surface area contributed by atoms with E-state index in [9.17, 15) is 5.11 Å². The predicted octanol–water partition coefficient (Wildman–Crippen LogP) is -0.778. The van der Waals surface area contributed by atoms with Crippen LogP contribution in [0.5, 0.6) is 0 Å². The summed E-state index contributed by atoms with van der Waals surface area (Å²) >= 11 is 0. The van der Waals surface area contributed by atoms with Crippen molar-refractivity contribution in [2.45, 2.75) is 37.6 Å². The Labute approximate surface area is 79.1 Å². The minimum absolute atomic E-state index is 0.0493. The van der Waals surface area contributed by atoms with Crippen LogP contribution < -0.4 is 0 Å². The van der Waals surface area contributed by atoms with Gasteiger partial charge in [-0.2, -0.15) is 0 Å². The summed E-state index contributed by atoms with van der Waals surface area (Å²) in [5.41, 5.74) is 0. The standard InChI is InChI=1S/C8H16BO4/c1-9-8-6(11)7(12-2)5(13-8)3-4-10/h5-8,10-11H,3-4H2,1-2H3/t5-,6?,7+,8-/m1/s1. The maximum atomic E-state index is 9.68. The van der Waals surface area contributed by atoms with Crippen LogP contribution in [0.1, 0.15) is 6.42 Å². The van der Waals surface area contributed by atoms with Gasteiger partial charge in [-0.05, 0) is 6.42 Å². The summed E-state index contributed by atoms with van der Waals surface area (Å²) in [5.74, 6) is 0. The summed E-state index contributed by atoms with van der Waals surface area (Å²) in [7, 11) is 3.34. The van der Waals surface area contributed by atoms with Gasteiger partial charge in [0.15, 0.2) is 0 Å². The molecule has 1 unspecified atom stereocenters. The predicted molar refractivity (Wildman–Crippen MR) is 48.8 cm³/mol. The number of rotatable bonds is 4. The Kier molecular flexibility index (Phi) is 4.19. The van der Waals surface area contributed by atoms with E-state index in [1.54, 1.807) is 14.4 Å². The van der Waals surface area contributed by atoms with Crippen molar-refractivity contribution in [2.24, 2.45) is 0 Å².